The molecule has 146 valence electrons. The lowest BCUT2D eigenvalue weighted by Gasteiger charge is -2.38. The molecule has 0 saturated heterocycles. The van der Waals surface area contributed by atoms with Gasteiger partial charge in [0, 0.05) is 7.05 Å². The van der Waals surface area contributed by atoms with Crippen molar-refractivity contribution in [2.75, 3.05) is 12.1 Å². The molecule has 0 aromatic heterocycles. The molecule has 0 spiro atoms. The zero-order valence-electron chi connectivity index (χ0n) is 16.9. The molecule has 4 aromatic rings. The maximum atomic E-state index is 12.9. The molecule has 30 heavy (non-hydrogen) atoms. The summed E-state index contributed by atoms with van der Waals surface area (Å²) >= 11 is 0. The van der Waals surface area contributed by atoms with E-state index in [1.54, 1.807) is 0 Å². The molecule has 1 amide bonds. The third-order valence-electron chi connectivity index (χ3n) is 5.53. The zero-order valence-corrected chi connectivity index (χ0v) is 16.9. The van der Waals surface area contributed by atoms with E-state index < -0.39 is 0 Å². The molecule has 0 atom stereocenters. The first kappa shape index (κ1) is 18.1. The maximum absolute atomic E-state index is 12.9. The molecule has 0 N–H and O–H groups in total. The van der Waals surface area contributed by atoms with E-state index in [1.165, 1.54) is 0 Å². The van der Waals surface area contributed by atoms with Crippen LogP contribution in [0.4, 0.5) is 5.69 Å². The van der Waals surface area contributed by atoms with Crippen LogP contribution >= 0.6 is 0 Å². The van der Waals surface area contributed by atoms with Crippen molar-refractivity contribution in [1.29, 1.82) is 0 Å². The Balaban J connectivity index is 1.74. The summed E-state index contributed by atoms with van der Waals surface area (Å²) in [5, 5.41) is 8.36. The summed E-state index contributed by atoms with van der Waals surface area (Å²) in [6.45, 7) is 1.85. The molecule has 0 aliphatic carbocycles. The predicted molar refractivity (Wildman–Crippen MR) is 124 cm³/mol. The van der Waals surface area contributed by atoms with Crippen LogP contribution in [0.25, 0.3) is 27.6 Å². The highest BCUT2D eigenvalue weighted by molar-refractivity contribution is 6.14. The van der Waals surface area contributed by atoms with Gasteiger partial charge in [0.1, 0.15) is 11.5 Å². The van der Waals surface area contributed by atoms with Gasteiger partial charge in [-0.05, 0) is 58.3 Å². The van der Waals surface area contributed by atoms with Crippen LogP contribution in [0, 0.1) is 0 Å². The zero-order chi connectivity index (χ0) is 20.7. The SMILES string of the molecule is CC1=NC(=O)/C(=C\c2c3ccccc3cc3ccccc23)N(C)N1c1ccccc1. The minimum absolute atomic E-state index is 0.237. The third-order valence-corrected chi connectivity index (χ3v) is 5.53. The number of anilines is 1. The number of hydrazine groups is 1. The van der Waals surface area contributed by atoms with Crippen molar-refractivity contribution < 1.29 is 4.79 Å². The highest BCUT2D eigenvalue weighted by atomic mass is 16.2. The van der Waals surface area contributed by atoms with Gasteiger partial charge in [0.2, 0.25) is 0 Å². The molecule has 0 bridgehead atoms. The fourth-order valence-electron chi connectivity index (χ4n) is 4.14. The van der Waals surface area contributed by atoms with Crippen molar-refractivity contribution in [3.05, 3.63) is 96.2 Å². The molecule has 4 heteroatoms. The van der Waals surface area contributed by atoms with Crippen LogP contribution in [0.15, 0.2) is 95.6 Å². The van der Waals surface area contributed by atoms with Gasteiger partial charge >= 0.3 is 0 Å². The summed E-state index contributed by atoms with van der Waals surface area (Å²) in [5.74, 6) is 0.410. The van der Waals surface area contributed by atoms with Crippen LogP contribution in [-0.2, 0) is 4.79 Å². The van der Waals surface area contributed by atoms with Crippen molar-refractivity contribution in [2.24, 2.45) is 4.99 Å². The maximum Gasteiger partial charge on any atom is 0.296 e. The lowest BCUT2D eigenvalue weighted by atomic mass is 9.96. The summed E-state index contributed by atoms with van der Waals surface area (Å²) in [6.07, 6.45) is 1.97. The quantitative estimate of drug-likeness (QED) is 0.327. The Kier molecular flexibility index (Phi) is 4.32. The largest absolute Gasteiger partial charge is 0.296 e. The van der Waals surface area contributed by atoms with E-state index in [0.29, 0.717) is 11.5 Å². The number of rotatable bonds is 2. The summed E-state index contributed by atoms with van der Waals surface area (Å²) in [7, 11) is 1.90. The van der Waals surface area contributed by atoms with Crippen molar-refractivity contribution in [3.8, 4) is 0 Å². The fraction of sp³-hybridized carbons (Fsp3) is 0.0769. The number of aliphatic imine (C=N–C) groups is 1. The Morgan fingerprint density at radius 2 is 1.37 bits per heavy atom. The summed E-state index contributed by atoms with van der Waals surface area (Å²) in [6, 6.07) is 28.7. The number of hydrogen-bond acceptors (Lipinski definition) is 3. The molecule has 4 aromatic carbocycles. The smallest absolute Gasteiger partial charge is 0.277 e. The molecule has 0 unspecified atom stereocenters. The van der Waals surface area contributed by atoms with Crippen LogP contribution in [0.2, 0.25) is 0 Å². The molecule has 1 aliphatic rings. The second kappa shape index (κ2) is 7.16. The van der Waals surface area contributed by atoms with Crippen molar-refractivity contribution >= 4 is 45.1 Å². The Morgan fingerprint density at radius 1 is 0.800 bits per heavy atom. The van der Waals surface area contributed by atoms with Gasteiger partial charge in [0.25, 0.3) is 5.91 Å². The average Bonchev–Trinajstić information content (AvgIpc) is 2.76. The van der Waals surface area contributed by atoms with Gasteiger partial charge in [-0.1, -0.05) is 66.7 Å². The van der Waals surface area contributed by atoms with E-state index >= 15 is 0 Å². The predicted octanol–water partition coefficient (Wildman–Crippen LogP) is 5.65. The molecular weight excluding hydrogens is 370 g/mol. The van der Waals surface area contributed by atoms with E-state index in [4.69, 9.17) is 0 Å². The molecule has 5 rings (SSSR count). The van der Waals surface area contributed by atoms with Crippen molar-refractivity contribution in [2.45, 2.75) is 6.92 Å². The number of carbonyl (C=O) groups is 1. The number of hydrogen-bond donors (Lipinski definition) is 0. The van der Waals surface area contributed by atoms with E-state index in [9.17, 15) is 4.79 Å². The number of benzene rings is 4. The Labute approximate surface area is 175 Å². The molecule has 0 fully saturated rings. The molecule has 0 radical (unpaired) electrons. The number of amides is 1. The van der Waals surface area contributed by atoms with E-state index in [0.717, 1.165) is 32.8 Å². The Morgan fingerprint density at radius 3 is 2.00 bits per heavy atom. The standard InChI is InChI=1S/C26H21N3O/c1-18-27-26(30)25(28(2)29(18)21-12-4-3-5-13-21)17-24-22-14-8-6-10-19(22)16-20-11-7-9-15-23(20)24/h3-17H,1-2H3/b25-17+. The van der Waals surface area contributed by atoms with E-state index in [-0.39, 0.29) is 5.91 Å². The van der Waals surface area contributed by atoms with Crippen LogP contribution in [-0.4, -0.2) is 23.8 Å². The van der Waals surface area contributed by atoms with Gasteiger partial charge in [-0.3, -0.25) is 9.80 Å². The average molecular weight is 391 g/mol. The Bertz CT molecular complexity index is 1280. The lowest BCUT2D eigenvalue weighted by molar-refractivity contribution is -0.116. The summed E-state index contributed by atoms with van der Waals surface area (Å²) in [4.78, 5) is 17.3. The number of para-hydroxylation sites is 1. The fourth-order valence-corrected chi connectivity index (χ4v) is 4.14. The van der Waals surface area contributed by atoms with Crippen molar-refractivity contribution in [3.63, 3.8) is 0 Å². The number of nitrogens with zero attached hydrogens (tertiary/aromatic N) is 3. The molecule has 4 nitrogen and oxygen atoms in total. The van der Waals surface area contributed by atoms with Gasteiger partial charge in [-0.2, -0.15) is 4.99 Å². The van der Waals surface area contributed by atoms with E-state index in [1.807, 2.05) is 84.7 Å². The Hall–Kier alpha value is -3.92. The number of fused-ring (bicyclic) bond motifs is 2. The molecule has 1 aliphatic heterocycles. The minimum Gasteiger partial charge on any atom is -0.277 e. The topological polar surface area (TPSA) is 35.9 Å². The highest BCUT2D eigenvalue weighted by Crippen LogP contribution is 2.32. The van der Waals surface area contributed by atoms with Gasteiger partial charge in [-0.25, -0.2) is 5.01 Å². The van der Waals surface area contributed by atoms with E-state index in [2.05, 4.69) is 35.3 Å². The lowest BCUT2D eigenvalue weighted by Crippen LogP contribution is -2.48. The van der Waals surface area contributed by atoms with Crippen LogP contribution < -0.4 is 5.01 Å². The first-order valence-electron chi connectivity index (χ1n) is 9.94. The molecule has 1 heterocycles. The van der Waals surface area contributed by atoms with Crippen molar-refractivity contribution in [1.82, 2.24) is 5.01 Å². The number of amidine groups is 1. The van der Waals surface area contributed by atoms with Crippen LogP contribution in [0.1, 0.15) is 12.5 Å². The molecular formula is C26H21N3O. The van der Waals surface area contributed by atoms with Gasteiger partial charge in [-0.15, -0.1) is 0 Å². The first-order chi connectivity index (χ1) is 14.6. The molecule has 0 saturated carbocycles. The minimum atomic E-state index is -0.237. The monoisotopic (exact) mass is 391 g/mol. The van der Waals surface area contributed by atoms with Crippen LogP contribution in [0.5, 0.6) is 0 Å². The number of carbonyl (C=O) groups excluding carboxylic acids is 1. The van der Waals surface area contributed by atoms with Gasteiger partial charge < -0.3 is 0 Å². The summed E-state index contributed by atoms with van der Waals surface area (Å²) < 4.78 is 0. The second-order valence-corrected chi connectivity index (χ2v) is 7.40. The van der Waals surface area contributed by atoms with Gasteiger partial charge in [0.15, 0.2) is 0 Å². The van der Waals surface area contributed by atoms with Gasteiger partial charge in [0.05, 0.1) is 5.69 Å². The number of likely N-dealkylation sites (N-methyl/N-ethyl adjacent to an activating group) is 1. The first-order valence-corrected chi connectivity index (χ1v) is 9.94. The highest BCUT2D eigenvalue weighted by Gasteiger charge is 2.28. The third kappa shape index (κ3) is 2.94. The van der Waals surface area contributed by atoms with Crippen LogP contribution in [0.3, 0.4) is 0 Å². The second-order valence-electron chi connectivity index (χ2n) is 7.40. The summed E-state index contributed by atoms with van der Waals surface area (Å²) in [5.41, 5.74) is 2.52. The normalized spacial score (nSPS) is 15.9.